The molecule has 0 unspecified atom stereocenters. The quantitative estimate of drug-likeness (QED) is 0.850. The molecule has 5 heteroatoms. The summed E-state index contributed by atoms with van der Waals surface area (Å²) in [6.07, 6.45) is 0.534. The number of amides is 1. The highest BCUT2D eigenvalue weighted by atomic mass is 16.6. The van der Waals surface area contributed by atoms with E-state index in [4.69, 9.17) is 9.47 Å². The molecule has 0 aromatic heterocycles. The van der Waals surface area contributed by atoms with Crippen LogP contribution < -0.4 is 15.4 Å². The van der Waals surface area contributed by atoms with Crippen molar-refractivity contribution >= 4 is 6.09 Å². The van der Waals surface area contributed by atoms with Gasteiger partial charge in [-0.3, -0.25) is 0 Å². The smallest absolute Gasteiger partial charge is 0.408 e. The second-order valence-electron chi connectivity index (χ2n) is 9.06. The van der Waals surface area contributed by atoms with Crippen molar-refractivity contribution in [3.05, 3.63) is 29.3 Å². The topological polar surface area (TPSA) is 59.6 Å². The third-order valence-corrected chi connectivity index (χ3v) is 3.89. The Kier molecular flexibility index (Phi) is 5.38. The zero-order valence-corrected chi connectivity index (χ0v) is 16.6. The lowest BCUT2D eigenvalue weighted by Crippen LogP contribution is -2.51. The summed E-state index contributed by atoms with van der Waals surface area (Å²) in [5.74, 6) is 0.998. The van der Waals surface area contributed by atoms with Gasteiger partial charge in [0.15, 0.2) is 0 Å². The number of rotatable bonds is 5. The summed E-state index contributed by atoms with van der Waals surface area (Å²) in [4.78, 5) is 12.0. The van der Waals surface area contributed by atoms with Gasteiger partial charge in [-0.25, -0.2) is 4.79 Å². The molecule has 0 spiro atoms. The van der Waals surface area contributed by atoms with Crippen molar-refractivity contribution < 1.29 is 14.3 Å². The Morgan fingerprint density at radius 2 is 1.92 bits per heavy atom. The first-order chi connectivity index (χ1) is 11.4. The van der Waals surface area contributed by atoms with E-state index >= 15 is 0 Å². The van der Waals surface area contributed by atoms with Crippen molar-refractivity contribution in [1.82, 2.24) is 10.6 Å². The highest BCUT2D eigenvalue weighted by Gasteiger charge is 2.31. The van der Waals surface area contributed by atoms with Crippen LogP contribution in [0.1, 0.15) is 59.6 Å². The largest absolute Gasteiger partial charge is 0.487 e. The molecule has 0 aliphatic carbocycles. The van der Waals surface area contributed by atoms with E-state index in [9.17, 15) is 4.79 Å². The number of hydrogen-bond acceptors (Lipinski definition) is 4. The lowest BCUT2D eigenvalue weighted by Gasteiger charge is -2.29. The van der Waals surface area contributed by atoms with Gasteiger partial charge in [-0.15, -0.1) is 0 Å². The van der Waals surface area contributed by atoms with Gasteiger partial charge >= 0.3 is 6.09 Å². The van der Waals surface area contributed by atoms with Crippen molar-refractivity contribution in [2.24, 2.45) is 0 Å². The number of para-hydroxylation sites is 1. The van der Waals surface area contributed by atoms with Crippen LogP contribution in [0, 0.1) is 0 Å². The lowest BCUT2D eigenvalue weighted by molar-refractivity contribution is 0.0471. The maximum atomic E-state index is 12.0. The van der Waals surface area contributed by atoms with Crippen LogP contribution in [0.25, 0.3) is 0 Å². The Morgan fingerprint density at radius 1 is 1.24 bits per heavy atom. The van der Waals surface area contributed by atoms with Gasteiger partial charge in [-0.1, -0.05) is 18.2 Å². The van der Waals surface area contributed by atoms with E-state index in [1.807, 2.05) is 34.6 Å². The number of fused-ring (bicyclic) bond motifs is 1. The maximum Gasteiger partial charge on any atom is 0.408 e. The van der Waals surface area contributed by atoms with Crippen LogP contribution in [-0.2, 0) is 17.7 Å². The van der Waals surface area contributed by atoms with Crippen LogP contribution in [0.2, 0.25) is 0 Å². The predicted molar refractivity (Wildman–Crippen MR) is 100 cm³/mol. The maximum absolute atomic E-state index is 12.0. The highest BCUT2D eigenvalue weighted by Crippen LogP contribution is 2.37. The van der Waals surface area contributed by atoms with Crippen molar-refractivity contribution in [2.45, 2.75) is 78.2 Å². The standard InChI is InChI=1S/C20H32N2O3/c1-18(2,3)25-17(23)22-19(4,5)13-21-12-15-10-8-9-14-11-20(6,7)24-16(14)15/h8-10,21H,11-13H2,1-7H3,(H,22,23). The van der Waals surface area contributed by atoms with Gasteiger partial charge in [0, 0.05) is 25.1 Å². The van der Waals surface area contributed by atoms with E-state index in [2.05, 4.69) is 42.7 Å². The average molecular weight is 348 g/mol. The molecule has 1 heterocycles. The molecule has 5 nitrogen and oxygen atoms in total. The summed E-state index contributed by atoms with van der Waals surface area (Å²) in [5, 5.41) is 6.33. The summed E-state index contributed by atoms with van der Waals surface area (Å²) in [6.45, 7) is 15.0. The van der Waals surface area contributed by atoms with Gasteiger partial charge in [0.05, 0.1) is 5.54 Å². The first kappa shape index (κ1) is 19.6. The van der Waals surface area contributed by atoms with E-state index in [1.165, 1.54) is 5.56 Å². The van der Waals surface area contributed by atoms with Gasteiger partial charge in [0.25, 0.3) is 0 Å². The van der Waals surface area contributed by atoms with Gasteiger partial charge in [0.2, 0.25) is 0 Å². The third kappa shape index (κ3) is 5.92. The zero-order chi connectivity index (χ0) is 18.9. The van der Waals surface area contributed by atoms with E-state index in [0.717, 1.165) is 17.7 Å². The minimum absolute atomic E-state index is 0.143. The third-order valence-electron chi connectivity index (χ3n) is 3.89. The summed E-state index contributed by atoms with van der Waals surface area (Å²) < 4.78 is 11.4. The number of carbonyl (C=O) groups is 1. The van der Waals surface area contributed by atoms with Crippen LogP contribution >= 0.6 is 0 Å². The molecule has 0 bridgehead atoms. The Morgan fingerprint density at radius 3 is 2.56 bits per heavy atom. The van der Waals surface area contributed by atoms with Gasteiger partial charge in [-0.2, -0.15) is 0 Å². The molecule has 1 aliphatic rings. The first-order valence-corrected chi connectivity index (χ1v) is 8.89. The number of hydrogen-bond donors (Lipinski definition) is 2. The molecular formula is C20H32N2O3. The second-order valence-corrected chi connectivity index (χ2v) is 9.06. The summed E-state index contributed by atoms with van der Waals surface area (Å²) >= 11 is 0. The van der Waals surface area contributed by atoms with Crippen molar-refractivity contribution in [2.75, 3.05) is 6.54 Å². The summed E-state index contributed by atoms with van der Waals surface area (Å²) in [5.41, 5.74) is 1.35. The van der Waals surface area contributed by atoms with Crippen LogP contribution in [0.4, 0.5) is 4.79 Å². The Bertz CT molecular complexity index is 630. The van der Waals surface area contributed by atoms with Crippen LogP contribution in [0.15, 0.2) is 18.2 Å². The molecule has 2 rings (SSSR count). The van der Waals surface area contributed by atoms with E-state index in [1.54, 1.807) is 0 Å². The fraction of sp³-hybridized carbons (Fsp3) is 0.650. The fourth-order valence-corrected chi connectivity index (χ4v) is 2.95. The minimum atomic E-state index is -0.498. The number of carbonyl (C=O) groups excluding carboxylic acids is 1. The average Bonchev–Trinajstić information content (AvgIpc) is 2.70. The normalized spacial score (nSPS) is 16.1. The summed E-state index contributed by atoms with van der Waals surface area (Å²) in [6, 6.07) is 6.29. The molecule has 0 atom stereocenters. The van der Waals surface area contributed by atoms with Crippen molar-refractivity contribution in [3.8, 4) is 5.75 Å². The van der Waals surface area contributed by atoms with Crippen molar-refractivity contribution in [3.63, 3.8) is 0 Å². The second kappa shape index (κ2) is 6.87. The lowest BCUT2D eigenvalue weighted by atomic mass is 10.0. The molecule has 1 amide bonds. The van der Waals surface area contributed by atoms with Crippen LogP contribution in [0.3, 0.4) is 0 Å². The number of alkyl carbamates (subject to hydrolysis) is 1. The van der Waals surface area contributed by atoms with Crippen LogP contribution in [0.5, 0.6) is 5.75 Å². The Labute approximate surface area is 151 Å². The molecule has 1 aromatic carbocycles. The van der Waals surface area contributed by atoms with E-state index in [-0.39, 0.29) is 5.60 Å². The monoisotopic (exact) mass is 348 g/mol. The molecule has 2 N–H and O–H groups in total. The number of benzene rings is 1. The minimum Gasteiger partial charge on any atom is -0.487 e. The predicted octanol–water partition coefficient (Wildman–Crippen LogP) is 3.79. The zero-order valence-electron chi connectivity index (χ0n) is 16.6. The Hall–Kier alpha value is -1.75. The van der Waals surface area contributed by atoms with Gasteiger partial charge < -0.3 is 20.1 Å². The first-order valence-electron chi connectivity index (χ1n) is 8.89. The molecule has 0 fully saturated rings. The molecule has 140 valence electrons. The van der Waals surface area contributed by atoms with Crippen molar-refractivity contribution in [1.29, 1.82) is 0 Å². The van der Waals surface area contributed by atoms with Gasteiger partial charge in [0.1, 0.15) is 17.0 Å². The molecule has 0 saturated carbocycles. The SMILES string of the molecule is CC(C)(CNCc1cccc2c1OC(C)(C)C2)NC(=O)OC(C)(C)C. The Balaban J connectivity index is 1.89. The number of ether oxygens (including phenoxy) is 2. The van der Waals surface area contributed by atoms with E-state index < -0.39 is 17.2 Å². The molecular weight excluding hydrogens is 316 g/mol. The number of nitrogens with one attached hydrogen (secondary N) is 2. The molecule has 0 radical (unpaired) electrons. The van der Waals surface area contributed by atoms with E-state index in [0.29, 0.717) is 13.1 Å². The summed E-state index contributed by atoms with van der Waals surface area (Å²) in [7, 11) is 0. The highest BCUT2D eigenvalue weighted by molar-refractivity contribution is 5.68. The molecule has 0 saturated heterocycles. The van der Waals surface area contributed by atoms with Gasteiger partial charge in [-0.05, 0) is 54.0 Å². The van der Waals surface area contributed by atoms with Crippen LogP contribution in [-0.4, -0.2) is 29.4 Å². The molecule has 25 heavy (non-hydrogen) atoms. The fourth-order valence-electron chi connectivity index (χ4n) is 2.95. The molecule has 1 aromatic rings. The molecule has 1 aliphatic heterocycles.